The number of hydrogen-bond acceptors (Lipinski definition) is 3. The average molecular weight is 461 g/mol. The summed E-state index contributed by atoms with van der Waals surface area (Å²) >= 11 is 0. The smallest absolute Gasteiger partial charge is 0.422 e. The summed E-state index contributed by atoms with van der Waals surface area (Å²) in [6, 6.07) is 9.52. The predicted molar refractivity (Wildman–Crippen MR) is 98.1 cm³/mol. The second kappa shape index (κ2) is 8.93. The van der Waals surface area contributed by atoms with Crippen molar-refractivity contribution in [3.8, 4) is 5.75 Å². The summed E-state index contributed by atoms with van der Waals surface area (Å²) in [5, 5.41) is 1.48. The fraction of sp³-hybridized carbons (Fsp3) is 0.190. The van der Waals surface area contributed by atoms with E-state index >= 15 is 0 Å². The molecular formula is C21H14F7NO3. The van der Waals surface area contributed by atoms with Gasteiger partial charge in [0, 0.05) is 0 Å². The first kappa shape index (κ1) is 23.2. The monoisotopic (exact) mass is 461 g/mol. The van der Waals surface area contributed by atoms with Crippen LogP contribution in [0.3, 0.4) is 0 Å². The van der Waals surface area contributed by atoms with E-state index in [2.05, 4.69) is 0 Å². The van der Waals surface area contributed by atoms with Gasteiger partial charge >= 0.3 is 6.18 Å². The van der Waals surface area contributed by atoms with Crippen molar-refractivity contribution in [1.82, 2.24) is 0 Å². The zero-order chi connectivity index (χ0) is 23.6. The Morgan fingerprint density at radius 2 is 1.53 bits per heavy atom. The molecule has 11 heteroatoms. The highest BCUT2D eigenvalue weighted by Gasteiger charge is 2.42. The van der Waals surface area contributed by atoms with Gasteiger partial charge in [-0.25, -0.2) is 17.6 Å². The van der Waals surface area contributed by atoms with Crippen molar-refractivity contribution in [3.63, 3.8) is 0 Å². The lowest BCUT2D eigenvalue weighted by molar-refractivity contribution is -0.143. The van der Waals surface area contributed by atoms with Crippen LogP contribution in [-0.2, 0) is 19.2 Å². The van der Waals surface area contributed by atoms with Crippen LogP contribution in [0.15, 0.2) is 40.8 Å². The first-order chi connectivity index (χ1) is 15.0. The maximum Gasteiger partial charge on any atom is 0.422 e. The molecule has 32 heavy (non-hydrogen) atoms. The van der Waals surface area contributed by atoms with E-state index in [0.717, 1.165) is 18.1 Å². The molecule has 0 fully saturated rings. The van der Waals surface area contributed by atoms with E-state index in [4.69, 9.17) is 9.15 Å². The Morgan fingerprint density at radius 1 is 0.938 bits per heavy atom. The van der Waals surface area contributed by atoms with Crippen molar-refractivity contribution in [1.29, 1.82) is 0 Å². The van der Waals surface area contributed by atoms with Crippen molar-refractivity contribution in [2.45, 2.75) is 26.1 Å². The van der Waals surface area contributed by atoms with Crippen molar-refractivity contribution in [3.05, 3.63) is 82.3 Å². The van der Waals surface area contributed by atoms with Gasteiger partial charge in [0.15, 0.2) is 29.0 Å². The first-order valence-corrected chi connectivity index (χ1v) is 9.07. The van der Waals surface area contributed by atoms with Crippen LogP contribution < -0.4 is 10.1 Å². The molecule has 1 aromatic heterocycles. The Bertz CT molecular complexity index is 1110. The molecular weight excluding hydrogens is 447 g/mol. The molecule has 3 rings (SSSR count). The summed E-state index contributed by atoms with van der Waals surface area (Å²) in [5.74, 6) is -11.4. The standard InChI is InChI=1S/C21H14F7NO3/c1-2-10-3-5-11(6-4-10)31-9-12-7-8-13(32-12)20(30)29-19-17(24)15(22)14(21(26,27)28)16(23)18(19)25/h3-8H,2,9H2,1H3,(H,29,30). The zero-order valence-electron chi connectivity index (χ0n) is 16.2. The quantitative estimate of drug-likeness (QED) is 0.349. The maximum atomic E-state index is 13.9. The normalized spacial score (nSPS) is 11.5. The molecule has 0 bridgehead atoms. The van der Waals surface area contributed by atoms with Crippen LogP contribution in [-0.4, -0.2) is 5.91 Å². The third-order valence-corrected chi connectivity index (χ3v) is 4.38. The molecule has 0 saturated heterocycles. The van der Waals surface area contributed by atoms with Crippen LogP contribution in [0.5, 0.6) is 5.75 Å². The van der Waals surface area contributed by atoms with Gasteiger partial charge in [-0.05, 0) is 36.2 Å². The van der Waals surface area contributed by atoms with Crippen molar-refractivity contribution >= 4 is 11.6 Å². The molecule has 170 valence electrons. The second-order valence-electron chi connectivity index (χ2n) is 6.51. The molecule has 0 aliphatic carbocycles. The number of halogens is 7. The van der Waals surface area contributed by atoms with Gasteiger partial charge in [0.1, 0.15) is 29.4 Å². The molecule has 0 aliphatic heterocycles. The number of rotatable bonds is 6. The van der Waals surface area contributed by atoms with E-state index in [-0.39, 0.29) is 12.4 Å². The van der Waals surface area contributed by atoms with Gasteiger partial charge in [0.2, 0.25) is 0 Å². The Kier molecular flexibility index (Phi) is 6.47. The highest BCUT2D eigenvalue weighted by atomic mass is 19.4. The zero-order valence-corrected chi connectivity index (χ0v) is 16.2. The molecule has 3 aromatic rings. The van der Waals surface area contributed by atoms with E-state index < -0.39 is 52.4 Å². The van der Waals surface area contributed by atoms with Crippen LogP contribution in [0.4, 0.5) is 36.4 Å². The highest BCUT2D eigenvalue weighted by molar-refractivity contribution is 6.02. The van der Waals surface area contributed by atoms with Crippen LogP contribution >= 0.6 is 0 Å². The lowest BCUT2D eigenvalue weighted by Crippen LogP contribution is -2.20. The Morgan fingerprint density at radius 3 is 2.06 bits per heavy atom. The molecule has 2 aromatic carbocycles. The van der Waals surface area contributed by atoms with Gasteiger partial charge in [-0.3, -0.25) is 4.79 Å². The van der Waals surface area contributed by atoms with Gasteiger partial charge < -0.3 is 14.5 Å². The van der Waals surface area contributed by atoms with Gasteiger partial charge in [-0.2, -0.15) is 13.2 Å². The van der Waals surface area contributed by atoms with Crippen molar-refractivity contribution in [2.24, 2.45) is 0 Å². The van der Waals surface area contributed by atoms with Crippen LogP contribution in [0.25, 0.3) is 0 Å². The number of aryl methyl sites for hydroxylation is 1. The Labute approximate surface area is 176 Å². The minimum atomic E-state index is -5.69. The summed E-state index contributed by atoms with van der Waals surface area (Å²) < 4.78 is 104. The summed E-state index contributed by atoms with van der Waals surface area (Å²) in [7, 11) is 0. The van der Waals surface area contributed by atoms with Gasteiger partial charge in [0.05, 0.1) is 0 Å². The first-order valence-electron chi connectivity index (χ1n) is 9.07. The fourth-order valence-corrected chi connectivity index (χ4v) is 2.72. The third-order valence-electron chi connectivity index (χ3n) is 4.38. The molecule has 0 atom stereocenters. The number of carbonyl (C=O) groups excluding carboxylic acids is 1. The number of ether oxygens (including phenoxy) is 1. The van der Waals surface area contributed by atoms with Gasteiger partial charge in [-0.15, -0.1) is 0 Å². The molecule has 0 radical (unpaired) electrons. The predicted octanol–water partition coefficient (Wildman–Crippen LogP) is 6.25. The Balaban J connectivity index is 1.75. The molecule has 0 unspecified atom stereocenters. The van der Waals surface area contributed by atoms with Crippen molar-refractivity contribution in [2.75, 3.05) is 5.32 Å². The van der Waals surface area contributed by atoms with E-state index in [1.807, 2.05) is 19.1 Å². The lowest BCUT2D eigenvalue weighted by Gasteiger charge is -2.14. The lowest BCUT2D eigenvalue weighted by atomic mass is 10.1. The molecule has 0 spiro atoms. The fourth-order valence-electron chi connectivity index (χ4n) is 2.72. The summed E-state index contributed by atoms with van der Waals surface area (Å²) in [6.07, 6.45) is -4.85. The minimum absolute atomic E-state index is 0.120. The molecule has 1 N–H and O–H groups in total. The number of furan rings is 1. The number of nitrogens with one attached hydrogen (secondary N) is 1. The van der Waals surface area contributed by atoms with Crippen LogP contribution in [0.1, 0.15) is 34.4 Å². The molecule has 1 heterocycles. The van der Waals surface area contributed by atoms with Crippen LogP contribution in [0.2, 0.25) is 0 Å². The van der Waals surface area contributed by atoms with E-state index in [1.165, 1.54) is 11.4 Å². The maximum absolute atomic E-state index is 13.9. The van der Waals surface area contributed by atoms with E-state index in [0.29, 0.717) is 5.75 Å². The number of anilines is 1. The largest absolute Gasteiger partial charge is 0.486 e. The number of benzene rings is 2. The summed E-state index contributed by atoms with van der Waals surface area (Å²) in [4.78, 5) is 12.1. The van der Waals surface area contributed by atoms with E-state index in [9.17, 15) is 35.5 Å². The minimum Gasteiger partial charge on any atom is -0.486 e. The number of amides is 1. The Hall–Kier alpha value is -3.50. The molecule has 0 aliphatic rings. The van der Waals surface area contributed by atoms with Crippen molar-refractivity contribution < 1.29 is 44.7 Å². The summed E-state index contributed by atoms with van der Waals surface area (Å²) in [6.45, 7) is 1.86. The molecule has 4 nitrogen and oxygen atoms in total. The highest BCUT2D eigenvalue weighted by Crippen LogP contribution is 2.38. The van der Waals surface area contributed by atoms with Gasteiger partial charge in [-0.1, -0.05) is 19.1 Å². The summed E-state index contributed by atoms with van der Waals surface area (Å²) in [5.41, 5.74) is -3.37. The molecule has 1 amide bonds. The van der Waals surface area contributed by atoms with Gasteiger partial charge in [0.25, 0.3) is 5.91 Å². The number of carbonyl (C=O) groups is 1. The number of hydrogen-bond donors (Lipinski definition) is 1. The second-order valence-corrected chi connectivity index (χ2v) is 6.51. The topological polar surface area (TPSA) is 51.5 Å². The van der Waals surface area contributed by atoms with E-state index in [1.54, 1.807) is 12.1 Å². The third kappa shape index (κ3) is 4.71. The number of alkyl halides is 3. The van der Waals surface area contributed by atoms with Crippen LogP contribution in [0, 0.1) is 23.3 Å². The molecule has 0 saturated carbocycles. The average Bonchev–Trinajstić information content (AvgIpc) is 3.22. The SMILES string of the molecule is CCc1ccc(OCc2ccc(C(=O)Nc3c(F)c(F)c(C(F)(F)F)c(F)c3F)o2)cc1.